The zero-order valence-corrected chi connectivity index (χ0v) is 13.9. The van der Waals surface area contributed by atoms with Gasteiger partial charge in [-0.1, -0.05) is 13.8 Å². The molecule has 0 radical (unpaired) electrons. The van der Waals surface area contributed by atoms with Crippen LogP contribution in [0.3, 0.4) is 0 Å². The van der Waals surface area contributed by atoms with Crippen LogP contribution in [-0.4, -0.2) is 9.97 Å². The van der Waals surface area contributed by atoms with Gasteiger partial charge in [-0.2, -0.15) is 0 Å². The Morgan fingerprint density at radius 3 is 2.72 bits per heavy atom. The Labute approximate surface area is 126 Å². The zero-order chi connectivity index (χ0) is 13.3. The van der Waals surface area contributed by atoms with Gasteiger partial charge in [-0.05, 0) is 55.6 Å². The SMILES string of the molecule is CC(C)Cc1nc(-c2sccc2Br)[nH]c(=O)c1Br. The van der Waals surface area contributed by atoms with Crippen LogP contribution in [0.4, 0.5) is 0 Å². The summed E-state index contributed by atoms with van der Waals surface area (Å²) in [5.41, 5.74) is 0.681. The normalized spacial score (nSPS) is 11.2. The minimum Gasteiger partial charge on any atom is -0.305 e. The van der Waals surface area contributed by atoms with Crippen molar-refractivity contribution >= 4 is 43.2 Å². The average molecular weight is 392 g/mol. The summed E-state index contributed by atoms with van der Waals surface area (Å²) >= 11 is 8.32. The van der Waals surface area contributed by atoms with Gasteiger partial charge < -0.3 is 4.98 Å². The number of rotatable bonds is 3. The van der Waals surface area contributed by atoms with E-state index in [1.807, 2.05) is 11.4 Å². The summed E-state index contributed by atoms with van der Waals surface area (Å²) in [6.07, 6.45) is 0.778. The third-order valence-electron chi connectivity index (χ3n) is 2.37. The fourth-order valence-electron chi connectivity index (χ4n) is 1.60. The van der Waals surface area contributed by atoms with E-state index in [0.29, 0.717) is 16.2 Å². The molecule has 2 heterocycles. The smallest absolute Gasteiger partial charge is 0.265 e. The van der Waals surface area contributed by atoms with Crippen LogP contribution in [0.25, 0.3) is 10.7 Å². The van der Waals surface area contributed by atoms with Gasteiger partial charge in [0.25, 0.3) is 5.56 Å². The van der Waals surface area contributed by atoms with E-state index in [4.69, 9.17) is 0 Å². The first kappa shape index (κ1) is 14.0. The molecule has 0 aliphatic carbocycles. The maximum Gasteiger partial charge on any atom is 0.265 e. The monoisotopic (exact) mass is 390 g/mol. The lowest BCUT2D eigenvalue weighted by molar-refractivity contribution is 0.631. The van der Waals surface area contributed by atoms with Crippen molar-refractivity contribution < 1.29 is 0 Å². The van der Waals surface area contributed by atoms with Crippen LogP contribution in [0, 0.1) is 5.92 Å². The second kappa shape index (κ2) is 5.67. The molecule has 0 saturated carbocycles. The predicted octanol–water partition coefficient (Wildman–Crippen LogP) is 4.22. The van der Waals surface area contributed by atoms with Crippen molar-refractivity contribution in [3.8, 4) is 10.7 Å². The van der Waals surface area contributed by atoms with Crippen LogP contribution < -0.4 is 5.56 Å². The van der Waals surface area contributed by atoms with E-state index in [2.05, 4.69) is 55.7 Å². The molecule has 1 N–H and O–H groups in total. The highest BCUT2D eigenvalue weighted by molar-refractivity contribution is 9.11. The molecule has 2 rings (SSSR count). The summed E-state index contributed by atoms with van der Waals surface area (Å²) in [5, 5.41) is 1.96. The van der Waals surface area contributed by atoms with Crippen LogP contribution >= 0.6 is 43.2 Å². The van der Waals surface area contributed by atoms with Crippen LogP contribution in [0.1, 0.15) is 19.5 Å². The third-order valence-corrected chi connectivity index (χ3v) is 5.03. The molecule has 0 aromatic carbocycles. The van der Waals surface area contributed by atoms with Crippen molar-refractivity contribution in [3.05, 3.63) is 36.4 Å². The highest BCUT2D eigenvalue weighted by Gasteiger charge is 2.14. The maximum atomic E-state index is 11.9. The number of halogens is 2. The first-order chi connectivity index (χ1) is 8.49. The molecule has 0 amide bonds. The molecule has 0 saturated heterocycles. The van der Waals surface area contributed by atoms with Crippen molar-refractivity contribution in [1.29, 1.82) is 0 Å². The Hall–Kier alpha value is -0.460. The van der Waals surface area contributed by atoms with Crippen molar-refractivity contribution in [2.75, 3.05) is 0 Å². The second-order valence-corrected chi connectivity index (χ2v) is 6.93. The van der Waals surface area contributed by atoms with Gasteiger partial charge in [0.05, 0.1) is 10.6 Å². The molecule has 0 atom stereocenters. The van der Waals surface area contributed by atoms with E-state index in [1.54, 1.807) is 11.3 Å². The average Bonchev–Trinajstić information content (AvgIpc) is 2.70. The molecule has 0 aliphatic heterocycles. The molecular weight excluding hydrogens is 380 g/mol. The molecule has 2 aromatic heterocycles. The minimum absolute atomic E-state index is 0.129. The van der Waals surface area contributed by atoms with Gasteiger partial charge in [0.15, 0.2) is 5.82 Å². The van der Waals surface area contributed by atoms with Crippen LogP contribution in [-0.2, 0) is 6.42 Å². The number of thiophene rings is 1. The summed E-state index contributed by atoms with van der Waals surface area (Å²) in [6, 6.07) is 1.95. The van der Waals surface area contributed by atoms with E-state index in [-0.39, 0.29) is 5.56 Å². The predicted molar refractivity (Wildman–Crippen MR) is 82.1 cm³/mol. The first-order valence-corrected chi connectivity index (χ1v) is 7.97. The van der Waals surface area contributed by atoms with Crippen molar-refractivity contribution in [2.24, 2.45) is 5.92 Å². The molecule has 0 spiro atoms. The van der Waals surface area contributed by atoms with E-state index in [9.17, 15) is 4.79 Å². The highest BCUT2D eigenvalue weighted by atomic mass is 79.9. The highest BCUT2D eigenvalue weighted by Crippen LogP contribution is 2.31. The summed E-state index contributed by atoms with van der Waals surface area (Å²) in [4.78, 5) is 20.2. The topological polar surface area (TPSA) is 45.8 Å². The summed E-state index contributed by atoms with van der Waals surface area (Å²) < 4.78 is 1.49. The molecule has 0 fully saturated rings. The summed E-state index contributed by atoms with van der Waals surface area (Å²) in [6.45, 7) is 4.21. The Bertz CT molecular complexity index is 619. The Morgan fingerprint density at radius 2 is 2.17 bits per heavy atom. The zero-order valence-electron chi connectivity index (χ0n) is 9.96. The molecule has 6 heteroatoms. The van der Waals surface area contributed by atoms with Crippen LogP contribution in [0.15, 0.2) is 25.2 Å². The number of hydrogen-bond acceptors (Lipinski definition) is 3. The molecule has 0 bridgehead atoms. The van der Waals surface area contributed by atoms with E-state index in [1.165, 1.54) is 0 Å². The molecule has 96 valence electrons. The molecule has 0 unspecified atom stereocenters. The number of nitrogens with zero attached hydrogens (tertiary/aromatic N) is 1. The lowest BCUT2D eigenvalue weighted by Crippen LogP contribution is -2.14. The Balaban J connectivity index is 2.54. The number of aromatic amines is 1. The number of aromatic nitrogens is 2. The molecule has 0 aliphatic rings. The summed E-state index contributed by atoms with van der Waals surface area (Å²) in [5.74, 6) is 1.08. The molecule has 2 aromatic rings. The van der Waals surface area contributed by atoms with Gasteiger partial charge >= 0.3 is 0 Å². The molecular formula is C12H12Br2N2OS. The number of H-pyrrole nitrogens is 1. The van der Waals surface area contributed by atoms with Gasteiger partial charge in [-0.3, -0.25) is 4.79 Å². The molecule has 18 heavy (non-hydrogen) atoms. The number of nitrogens with one attached hydrogen (secondary N) is 1. The van der Waals surface area contributed by atoms with Crippen LogP contribution in [0.2, 0.25) is 0 Å². The van der Waals surface area contributed by atoms with Crippen LogP contribution in [0.5, 0.6) is 0 Å². The van der Waals surface area contributed by atoms with E-state index in [0.717, 1.165) is 21.5 Å². The van der Waals surface area contributed by atoms with Crippen molar-refractivity contribution in [2.45, 2.75) is 20.3 Å². The maximum absolute atomic E-state index is 11.9. The minimum atomic E-state index is -0.129. The third kappa shape index (κ3) is 2.92. The largest absolute Gasteiger partial charge is 0.305 e. The van der Waals surface area contributed by atoms with Gasteiger partial charge in [-0.15, -0.1) is 11.3 Å². The lowest BCUT2D eigenvalue weighted by Gasteiger charge is -2.08. The fourth-order valence-corrected chi connectivity index (χ4v) is 3.45. The van der Waals surface area contributed by atoms with Gasteiger partial charge in [-0.25, -0.2) is 4.98 Å². The first-order valence-electron chi connectivity index (χ1n) is 5.51. The number of hydrogen-bond donors (Lipinski definition) is 1. The Kier molecular flexibility index (Phi) is 4.40. The quantitative estimate of drug-likeness (QED) is 0.851. The summed E-state index contributed by atoms with van der Waals surface area (Å²) in [7, 11) is 0. The van der Waals surface area contributed by atoms with Gasteiger partial charge in [0.2, 0.25) is 0 Å². The molecule has 3 nitrogen and oxygen atoms in total. The van der Waals surface area contributed by atoms with E-state index >= 15 is 0 Å². The standard InChI is InChI=1S/C12H12Br2N2OS/c1-6(2)5-8-9(14)12(17)16-11(15-8)10-7(13)3-4-18-10/h3-4,6H,5H2,1-2H3,(H,15,16,17). The van der Waals surface area contributed by atoms with Gasteiger partial charge in [0.1, 0.15) is 4.47 Å². The van der Waals surface area contributed by atoms with Gasteiger partial charge in [0, 0.05) is 4.47 Å². The lowest BCUT2D eigenvalue weighted by atomic mass is 10.1. The Morgan fingerprint density at radius 1 is 1.44 bits per heavy atom. The van der Waals surface area contributed by atoms with E-state index < -0.39 is 0 Å². The fraction of sp³-hybridized carbons (Fsp3) is 0.333. The van der Waals surface area contributed by atoms with Crippen molar-refractivity contribution in [1.82, 2.24) is 9.97 Å². The van der Waals surface area contributed by atoms with Crippen molar-refractivity contribution in [3.63, 3.8) is 0 Å². The second-order valence-electron chi connectivity index (χ2n) is 4.37.